The first-order chi connectivity index (χ1) is 8.75. The van der Waals surface area contributed by atoms with Gasteiger partial charge in [0.25, 0.3) is 0 Å². The van der Waals surface area contributed by atoms with Gasteiger partial charge in [0.2, 0.25) is 5.71 Å². The predicted octanol–water partition coefficient (Wildman–Crippen LogP) is 1.67. The zero-order chi connectivity index (χ0) is 12.3. The van der Waals surface area contributed by atoms with Crippen molar-refractivity contribution in [1.82, 2.24) is 0 Å². The van der Waals surface area contributed by atoms with Gasteiger partial charge in [-0.15, -0.1) is 11.3 Å². The molecule has 0 N–H and O–H groups in total. The first-order valence-corrected chi connectivity index (χ1v) is 7.56. The molecular weight excluding hydrogens is 244 g/mol. The second-order valence-electron chi connectivity index (χ2n) is 5.70. The summed E-state index contributed by atoms with van der Waals surface area (Å²) in [4.78, 5) is 1.23. The fourth-order valence-electron chi connectivity index (χ4n) is 4.10. The van der Waals surface area contributed by atoms with Crippen LogP contribution in [0.15, 0.2) is 22.6 Å². The summed E-state index contributed by atoms with van der Waals surface area (Å²) in [6, 6.07) is 4.53. The maximum atomic E-state index is 12.1. The molecule has 4 unspecified atom stereocenters. The lowest BCUT2D eigenvalue weighted by Crippen LogP contribution is -2.38. The van der Waals surface area contributed by atoms with E-state index in [0.29, 0.717) is 17.9 Å². The van der Waals surface area contributed by atoms with Gasteiger partial charge >= 0.3 is 0 Å². The van der Waals surface area contributed by atoms with Crippen LogP contribution in [0.2, 0.25) is 0 Å². The predicted molar refractivity (Wildman–Crippen MR) is 69.9 cm³/mol. The SMILES string of the molecule is CC(c1cccs1)=[N+]1N=C([O-])C2C3CCC(C3)C21. The molecule has 0 saturated heterocycles. The molecule has 0 amide bonds. The molecule has 1 aromatic rings. The Morgan fingerprint density at radius 3 is 3.06 bits per heavy atom. The van der Waals surface area contributed by atoms with Crippen LogP contribution in [0.4, 0.5) is 0 Å². The molecule has 4 heteroatoms. The fourth-order valence-corrected chi connectivity index (χ4v) is 4.82. The highest BCUT2D eigenvalue weighted by atomic mass is 32.1. The van der Waals surface area contributed by atoms with Crippen LogP contribution in [0.25, 0.3) is 0 Å². The summed E-state index contributed by atoms with van der Waals surface area (Å²) >= 11 is 1.72. The zero-order valence-corrected chi connectivity index (χ0v) is 11.2. The normalized spacial score (nSPS) is 39.9. The highest BCUT2D eigenvalue weighted by Crippen LogP contribution is 2.51. The summed E-state index contributed by atoms with van der Waals surface area (Å²) in [6.45, 7) is 2.09. The number of hydrogen-bond donors (Lipinski definition) is 0. The van der Waals surface area contributed by atoms with Crippen molar-refractivity contribution in [3.8, 4) is 0 Å². The minimum atomic E-state index is 0.128. The van der Waals surface area contributed by atoms with Crippen molar-refractivity contribution >= 4 is 22.9 Å². The van der Waals surface area contributed by atoms with Crippen LogP contribution in [0.5, 0.6) is 0 Å². The van der Waals surface area contributed by atoms with Gasteiger partial charge in [-0.2, -0.15) is 0 Å². The smallest absolute Gasteiger partial charge is 0.222 e. The van der Waals surface area contributed by atoms with E-state index in [0.717, 1.165) is 5.71 Å². The average molecular weight is 260 g/mol. The van der Waals surface area contributed by atoms with Crippen molar-refractivity contribution in [2.75, 3.05) is 0 Å². The van der Waals surface area contributed by atoms with Gasteiger partial charge in [-0.3, -0.25) is 0 Å². The van der Waals surface area contributed by atoms with Gasteiger partial charge in [0.1, 0.15) is 0 Å². The second-order valence-corrected chi connectivity index (χ2v) is 6.64. The van der Waals surface area contributed by atoms with Gasteiger partial charge in [-0.25, -0.2) is 0 Å². The van der Waals surface area contributed by atoms with Crippen LogP contribution in [-0.4, -0.2) is 22.3 Å². The lowest BCUT2D eigenvalue weighted by Gasteiger charge is -2.22. The third-order valence-electron chi connectivity index (χ3n) is 4.87. The van der Waals surface area contributed by atoms with Crippen molar-refractivity contribution < 1.29 is 9.79 Å². The first kappa shape index (κ1) is 10.7. The maximum Gasteiger partial charge on any atom is 0.222 e. The van der Waals surface area contributed by atoms with Crippen molar-refractivity contribution in [2.45, 2.75) is 32.2 Å². The van der Waals surface area contributed by atoms with E-state index in [1.807, 2.05) is 4.68 Å². The lowest BCUT2D eigenvalue weighted by atomic mass is 9.85. The van der Waals surface area contributed by atoms with E-state index >= 15 is 0 Å². The molecule has 2 bridgehead atoms. The highest BCUT2D eigenvalue weighted by Gasteiger charge is 2.57. The van der Waals surface area contributed by atoms with E-state index in [4.69, 9.17) is 0 Å². The molecule has 1 aromatic heterocycles. The number of hydrazone groups is 1. The molecule has 2 heterocycles. The van der Waals surface area contributed by atoms with Crippen molar-refractivity contribution in [2.24, 2.45) is 22.9 Å². The van der Waals surface area contributed by atoms with Crippen LogP contribution in [-0.2, 0) is 0 Å². The number of fused-ring (bicyclic) bond motifs is 5. The Labute approximate surface area is 110 Å². The molecular formula is C14H16N2OS. The Morgan fingerprint density at radius 1 is 1.44 bits per heavy atom. The van der Waals surface area contributed by atoms with Gasteiger partial charge in [-0.1, -0.05) is 10.8 Å². The Morgan fingerprint density at radius 2 is 2.28 bits per heavy atom. The van der Waals surface area contributed by atoms with Crippen molar-refractivity contribution in [1.29, 1.82) is 0 Å². The Hall–Kier alpha value is -1.16. The Kier molecular flexibility index (Phi) is 2.19. The molecule has 0 aromatic carbocycles. The van der Waals surface area contributed by atoms with Crippen LogP contribution >= 0.6 is 11.3 Å². The number of thiophene rings is 1. The third-order valence-corrected chi connectivity index (χ3v) is 5.85. The molecule has 2 saturated carbocycles. The van der Waals surface area contributed by atoms with E-state index in [1.165, 1.54) is 24.1 Å². The van der Waals surface area contributed by atoms with E-state index in [9.17, 15) is 5.11 Å². The molecule has 94 valence electrons. The average Bonchev–Trinajstić information content (AvgIpc) is 3.11. The molecule has 0 radical (unpaired) electrons. The van der Waals surface area contributed by atoms with Crippen molar-refractivity contribution in [3.63, 3.8) is 0 Å². The van der Waals surface area contributed by atoms with Gasteiger partial charge in [0.15, 0.2) is 6.04 Å². The van der Waals surface area contributed by atoms with E-state index < -0.39 is 0 Å². The Bertz CT molecular complexity index is 546. The largest absolute Gasteiger partial charge is 0.857 e. The van der Waals surface area contributed by atoms with Crippen LogP contribution in [0.3, 0.4) is 0 Å². The molecule has 18 heavy (non-hydrogen) atoms. The molecule has 3 aliphatic rings. The summed E-state index contributed by atoms with van der Waals surface area (Å²) in [5.41, 5.74) is 1.15. The number of nitrogens with zero attached hydrogens (tertiary/aromatic N) is 2. The standard InChI is InChI=1S/C14H16N2OS/c1-8(11-3-2-6-18-11)16-13-10-5-4-9(7-10)12(13)14(17)15-16/h2-3,6,9-10,12-13H,4-5,7H2,1H3. The van der Waals surface area contributed by atoms with Crippen LogP contribution in [0.1, 0.15) is 31.1 Å². The molecule has 2 fully saturated rings. The van der Waals surface area contributed by atoms with Gasteiger partial charge in [0, 0.05) is 18.7 Å². The van der Waals surface area contributed by atoms with Crippen LogP contribution in [0, 0.1) is 17.8 Å². The molecule has 1 aliphatic heterocycles. The second kappa shape index (κ2) is 3.67. The van der Waals surface area contributed by atoms with Gasteiger partial charge < -0.3 is 5.11 Å². The number of hydrogen-bond acceptors (Lipinski definition) is 3. The topological polar surface area (TPSA) is 38.4 Å². The van der Waals surface area contributed by atoms with E-state index in [1.54, 1.807) is 11.3 Å². The summed E-state index contributed by atoms with van der Waals surface area (Å²) in [7, 11) is 0. The summed E-state index contributed by atoms with van der Waals surface area (Å²) in [5.74, 6) is 1.62. The summed E-state index contributed by atoms with van der Waals surface area (Å²) in [6.07, 6.45) is 3.76. The monoisotopic (exact) mass is 260 g/mol. The fraction of sp³-hybridized carbons (Fsp3) is 0.571. The molecule has 4 atom stereocenters. The quantitative estimate of drug-likeness (QED) is 0.708. The van der Waals surface area contributed by atoms with E-state index in [-0.39, 0.29) is 11.8 Å². The maximum absolute atomic E-state index is 12.1. The van der Waals surface area contributed by atoms with Gasteiger partial charge in [-0.05, 0) is 41.7 Å². The van der Waals surface area contributed by atoms with Crippen molar-refractivity contribution in [3.05, 3.63) is 22.4 Å². The molecule has 0 spiro atoms. The lowest BCUT2D eigenvalue weighted by molar-refractivity contribution is -0.573. The molecule has 3 nitrogen and oxygen atoms in total. The van der Waals surface area contributed by atoms with Crippen LogP contribution < -0.4 is 5.11 Å². The molecule has 4 rings (SSSR count). The molecule has 2 aliphatic carbocycles. The minimum Gasteiger partial charge on any atom is -0.857 e. The first-order valence-electron chi connectivity index (χ1n) is 6.68. The minimum absolute atomic E-state index is 0.128. The zero-order valence-electron chi connectivity index (χ0n) is 10.4. The number of rotatable bonds is 1. The Balaban J connectivity index is 1.81. The van der Waals surface area contributed by atoms with E-state index in [2.05, 4.69) is 29.5 Å². The summed E-state index contributed by atoms with van der Waals surface area (Å²) < 4.78 is 2.04. The highest BCUT2D eigenvalue weighted by molar-refractivity contribution is 7.12. The van der Waals surface area contributed by atoms with Gasteiger partial charge in [0.05, 0.1) is 10.8 Å². The summed E-state index contributed by atoms with van der Waals surface area (Å²) in [5, 5.41) is 18.5. The third kappa shape index (κ3) is 1.30.